The molecule has 0 saturated carbocycles. The molecule has 0 fully saturated rings. The third-order valence-electron chi connectivity index (χ3n) is 4.09. The lowest BCUT2D eigenvalue weighted by molar-refractivity contribution is -0.0692. The molecule has 0 amide bonds. The maximum Gasteiger partial charge on any atom is 0.387 e. The van der Waals surface area contributed by atoms with E-state index in [0.29, 0.717) is 16.6 Å². The van der Waals surface area contributed by atoms with E-state index in [4.69, 9.17) is 0 Å². The number of halogens is 5. The van der Waals surface area contributed by atoms with Gasteiger partial charge in [-0.2, -0.15) is 17.6 Å². The van der Waals surface area contributed by atoms with Crippen molar-refractivity contribution in [3.63, 3.8) is 0 Å². The van der Waals surface area contributed by atoms with Crippen molar-refractivity contribution >= 4 is 15.9 Å². The van der Waals surface area contributed by atoms with Gasteiger partial charge in [0.15, 0.2) is 11.5 Å². The van der Waals surface area contributed by atoms with Crippen molar-refractivity contribution < 1.29 is 27.0 Å². The summed E-state index contributed by atoms with van der Waals surface area (Å²) in [5.41, 5.74) is 2.13. The van der Waals surface area contributed by atoms with Gasteiger partial charge in [0.25, 0.3) is 0 Å². The molecule has 3 rings (SSSR count). The first-order valence-electron chi connectivity index (χ1n) is 8.47. The standard InChI is InChI=1S/C20H15BrF4N2O2/c21-18-7-5-13(11-27-18)15(10-14-3-1-2-8-26-14)12-4-6-16(28-19(22)23)17(9-12)29-20(24)25/h1-9,11,15,19-20H,10H2. The highest BCUT2D eigenvalue weighted by molar-refractivity contribution is 9.10. The molecule has 0 radical (unpaired) electrons. The van der Waals surface area contributed by atoms with Crippen molar-refractivity contribution in [2.45, 2.75) is 25.6 Å². The first kappa shape index (κ1) is 21.0. The molecule has 29 heavy (non-hydrogen) atoms. The van der Waals surface area contributed by atoms with E-state index in [1.54, 1.807) is 24.5 Å². The summed E-state index contributed by atoms with van der Waals surface area (Å²) in [7, 11) is 0. The molecule has 152 valence electrons. The van der Waals surface area contributed by atoms with Crippen LogP contribution < -0.4 is 9.47 Å². The Kier molecular flexibility index (Phi) is 7.03. The van der Waals surface area contributed by atoms with Crippen LogP contribution in [0.4, 0.5) is 17.6 Å². The number of alkyl halides is 4. The number of benzene rings is 1. The highest BCUT2D eigenvalue weighted by atomic mass is 79.9. The van der Waals surface area contributed by atoms with E-state index in [1.165, 1.54) is 18.2 Å². The largest absolute Gasteiger partial charge is 0.431 e. The van der Waals surface area contributed by atoms with Gasteiger partial charge in [0.2, 0.25) is 0 Å². The van der Waals surface area contributed by atoms with Crippen molar-refractivity contribution in [2.24, 2.45) is 0 Å². The highest BCUT2D eigenvalue weighted by Gasteiger charge is 2.21. The molecule has 1 aromatic carbocycles. The minimum atomic E-state index is -3.19. The molecule has 0 aliphatic carbocycles. The minimum Gasteiger partial charge on any atom is -0.431 e. The van der Waals surface area contributed by atoms with Gasteiger partial charge in [-0.05, 0) is 57.4 Å². The number of hydrogen-bond donors (Lipinski definition) is 0. The molecule has 0 spiro atoms. The van der Waals surface area contributed by atoms with E-state index in [2.05, 4.69) is 35.4 Å². The Morgan fingerprint density at radius 1 is 0.828 bits per heavy atom. The van der Waals surface area contributed by atoms with E-state index in [0.717, 1.165) is 11.3 Å². The zero-order valence-corrected chi connectivity index (χ0v) is 16.4. The minimum absolute atomic E-state index is 0.328. The molecule has 0 aliphatic rings. The quantitative estimate of drug-likeness (QED) is 0.307. The average molecular weight is 471 g/mol. The van der Waals surface area contributed by atoms with Crippen LogP contribution in [0.3, 0.4) is 0 Å². The lowest BCUT2D eigenvalue weighted by Crippen LogP contribution is -2.10. The Bertz CT molecular complexity index is 928. The second kappa shape index (κ2) is 9.69. The first-order chi connectivity index (χ1) is 13.9. The third-order valence-corrected chi connectivity index (χ3v) is 4.56. The topological polar surface area (TPSA) is 44.2 Å². The molecule has 2 heterocycles. The number of rotatable bonds is 8. The lowest BCUT2D eigenvalue weighted by Gasteiger charge is -2.20. The van der Waals surface area contributed by atoms with Crippen LogP contribution in [0.5, 0.6) is 11.5 Å². The van der Waals surface area contributed by atoms with Crippen LogP contribution in [0.2, 0.25) is 0 Å². The van der Waals surface area contributed by atoms with Gasteiger partial charge in [-0.3, -0.25) is 4.98 Å². The van der Waals surface area contributed by atoms with Gasteiger partial charge >= 0.3 is 13.2 Å². The Balaban J connectivity index is 2.02. The van der Waals surface area contributed by atoms with Crippen LogP contribution in [0, 0.1) is 0 Å². The van der Waals surface area contributed by atoms with Crippen LogP contribution in [0.1, 0.15) is 22.7 Å². The molecule has 0 aliphatic heterocycles. The van der Waals surface area contributed by atoms with E-state index < -0.39 is 24.7 Å². The maximum atomic E-state index is 12.8. The average Bonchev–Trinajstić information content (AvgIpc) is 2.68. The Labute approximate surface area is 172 Å². The fraction of sp³-hybridized carbons (Fsp3) is 0.200. The highest BCUT2D eigenvalue weighted by Crippen LogP contribution is 2.36. The first-order valence-corrected chi connectivity index (χ1v) is 9.26. The summed E-state index contributed by atoms with van der Waals surface area (Å²) < 4.78 is 60.1. The number of nitrogens with zero attached hydrogens (tertiary/aromatic N) is 2. The van der Waals surface area contributed by atoms with Crippen molar-refractivity contribution in [1.29, 1.82) is 0 Å². The summed E-state index contributed by atoms with van der Waals surface area (Å²) in [5.74, 6) is -1.26. The predicted octanol–water partition coefficient (Wildman–Crippen LogP) is 5.82. The fourth-order valence-electron chi connectivity index (χ4n) is 2.87. The maximum absolute atomic E-state index is 12.8. The van der Waals surface area contributed by atoms with Gasteiger partial charge in [0, 0.05) is 30.4 Å². The summed E-state index contributed by atoms with van der Waals surface area (Å²) in [4.78, 5) is 8.53. The van der Waals surface area contributed by atoms with Crippen molar-refractivity contribution in [3.05, 3.63) is 82.3 Å². The molecule has 0 saturated heterocycles. The van der Waals surface area contributed by atoms with Crippen molar-refractivity contribution in [2.75, 3.05) is 0 Å². The van der Waals surface area contributed by atoms with Crippen LogP contribution in [-0.2, 0) is 6.42 Å². The zero-order valence-electron chi connectivity index (χ0n) is 14.8. The van der Waals surface area contributed by atoms with Gasteiger partial charge in [0.05, 0.1) is 0 Å². The second-order valence-electron chi connectivity index (χ2n) is 5.96. The van der Waals surface area contributed by atoms with E-state index in [-0.39, 0.29) is 5.92 Å². The third kappa shape index (κ3) is 5.90. The molecule has 4 nitrogen and oxygen atoms in total. The van der Waals surface area contributed by atoms with Gasteiger partial charge in [-0.15, -0.1) is 0 Å². The van der Waals surface area contributed by atoms with Crippen LogP contribution in [0.15, 0.2) is 65.5 Å². The van der Waals surface area contributed by atoms with Crippen LogP contribution in [0.25, 0.3) is 0 Å². The molecule has 3 aromatic rings. The number of aromatic nitrogens is 2. The summed E-state index contributed by atoms with van der Waals surface area (Å²) in [6, 6.07) is 13.1. The van der Waals surface area contributed by atoms with Gasteiger partial charge in [-0.25, -0.2) is 4.98 Å². The molecular formula is C20H15BrF4N2O2. The molecule has 0 bridgehead atoms. The Morgan fingerprint density at radius 3 is 2.17 bits per heavy atom. The predicted molar refractivity (Wildman–Crippen MR) is 101 cm³/mol. The normalized spacial score (nSPS) is 12.2. The molecule has 2 aromatic heterocycles. The summed E-state index contributed by atoms with van der Waals surface area (Å²) in [6.07, 6.45) is 3.74. The summed E-state index contributed by atoms with van der Waals surface area (Å²) in [6.45, 7) is -6.35. The second-order valence-corrected chi connectivity index (χ2v) is 6.77. The van der Waals surface area contributed by atoms with Gasteiger partial charge in [-0.1, -0.05) is 18.2 Å². The fourth-order valence-corrected chi connectivity index (χ4v) is 3.11. The molecule has 1 atom stereocenters. The zero-order chi connectivity index (χ0) is 20.8. The number of ether oxygens (including phenoxy) is 2. The summed E-state index contributed by atoms with van der Waals surface area (Å²) >= 11 is 3.27. The summed E-state index contributed by atoms with van der Waals surface area (Å²) in [5, 5.41) is 0. The van der Waals surface area contributed by atoms with Crippen LogP contribution in [-0.4, -0.2) is 23.2 Å². The molecule has 1 unspecified atom stereocenters. The molecular weight excluding hydrogens is 456 g/mol. The lowest BCUT2D eigenvalue weighted by atomic mass is 9.88. The van der Waals surface area contributed by atoms with Crippen molar-refractivity contribution in [1.82, 2.24) is 9.97 Å². The Hall–Kier alpha value is -2.68. The number of pyridine rings is 2. The monoisotopic (exact) mass is 470 g/mol. The SMILES string of the molecule is FC(F)Oc1ccc(C(Cc2ccccn2)c2ccc(Br)nc2)cc1OC(F)F. The van der Waals surface area contributed by atoms with E-state index in [1.807, 2.05) is 18.2 Å². The van der Waals surface area contributed by atoms with Crippen LogP contribution >= 0.6 is 15.9 Å². The van der Waals surface area contributed by atoms with E-state index >= 15 is 0 Å². The smallest absolute Gasteiger partial charge is 0.387 e. The molecule has 9 heteroatoms. The Morgan fingerprint density at radius 2 is 1.55 bits per heavy atom. The van der Waals surface area contributed by atoms with Crippen molar-refractivity contribution in [3.8, 4) is 11.5 Å². The molecule has 0 N–H and O–H groups in total. The van der Waals surface area contributed by atoms with Gasteiger partial charge < -0.3 is 9.47 Å². The van der Waals surface area contributed by atoms with E-state index in [9.17, 15) is 17.6 Å². The van der Waals surface area contributed by atoms with Gasteiger partial charge in [0.1, 0.15) is 4.60 Å². The number of hydrogen-bond acceptors (Lipinski definition) is 4.